The average Bonchev–Trinajstić information content (AvgIpc) is 4.10. The van der Waals surface area contributed by atoms with Gasteiger partial charge in [0, 0.05) is 32.8 Å². The topological polar surface area (TPSA) is 204 Å². The highest BCUT2D eigenvalue weighted by Gasteiger charge is 2.33. The first kappa shape index (κ1) is 76.9. The van der Waals surface area contributed by atoms with Crippen molar-refractivity contribution in [2.24, 2.45) is 5.41 Å². The number of rotatable bonds is 63. The van der Waals surface area contributed by atoms with Crippen LogP contribution in [0.1, 0.15) is 82.4 Å². The van der Waals surface area contributed by atoms with Crippen LogP contribution in [0.25, 0.3) is 0 Å². The number of aromatic nitrogens is 3. The number of allylic oxidation sites excluding steroid dienone is 6. The number of ether oxygens (including phenoxy) is 13. The van der Waals surface area contributed by atoms with Crippen molar-refractivity contribution in [2.45, 2.75) is 109 Å². The van der Waals surface area contributed by atoms with E-state index in [1.807, 2.05) is 43.0 Å². The summed E-state index contributed by atoms with van der Waals surface area (Å²) in [6.45, 7) is 12.4. The second-order valence-electron chi connectivity index (χ2n) is 19.6. The third-order valence-corrected chi connectivity index (χ3v) is 11.9. The minimum absolute atomic E-state index is 0.284. The molecule has 0 unspecified atom stereocenters. The van der Waals surface area contributed by atoms with Crippen molar-refractivity contribution in [3.8, 4) is 11.5 Å². The van der Waals surface area contributed by atoms with Crippen LogP contribution in [0.15, 0.2) is 98.2 Å². The maximum Gasteiger partial charge on any atom is 0.308 e. The van der Waals surface area contributed by atoms with Crippen molar-refractivity contribution in [2.75, 3.05) is 152 Å². The van der Waals surface area contributed by atoms with Gasteiger partial charge < -0.3 is 77.5 Å². The summed E-state index contributed by atoms with van der Waals surface area (Å²) in [5.41, 5.74) is 1.03. The van der Waals surface area contributed by atoms with Crippen molar-refractivity contribution in [1.82, 2.24) is 30.9 Å². The largest absolute Gasteiger partial charge is 0.502 e. The molecule has 20 nitrogen and oxygen atoms in total. The summed E-state index contributed by atoms with van der Waals surface area (Å²) < 4.78 is 78.2. The second kappa shape index (κ2) is 58.8. The number of nitrogens with one attached hydrogen (secondary N) is 3. The maximum atomic E-state index is 11.6. The molecule has 2 rings (SSSR count). The van der Waals surface area contributed by atoms with Crippen molar-refractivity contribution in [3.05, 3.63) is 109 Å². The van der Waals surface area contributed by atoms with Gasteiger partial charge in [-0.3, -0.25) is 4.79 Å². The molecule has 0 atom stereocenters. The van der Waals surface area contributed by atoms with Crippen LogP contribution in [-0.4, -0.2) is 204 Å². The molecular formula is C62H100B4N6O14. The molecule has 0 fully saturated rings. The highest BCUT2D eigenvalue weighted by molar-refractivity contribution is 6.09. The number of nitrogens with zero attached hydrogens (tertiary/aromatic N) is 3. The smallest absolute Gasteiger partial charge is 0.308 e. The number of hydrogen-bond acceptors (Lipinski definition) is 19. The molecule has 0 bridgehead atoms. The normalized spacial score (nSPS) is 12.1. The molecule has 0 aliphatic heterocycles. The Hall–Kier alpha value is -5.19. The quantitative estimate of drug-likeness (QED) is 0.0197. The molecule has 0 aliphatic rings. The van der Waals surface area contributed by atoms with Gasteiger partial charge in [0.25, 0.3) is 0 Å². The number of carbonyl (C=O) groups excluding carboxylic acids is 1. The molecule has 8 radical (unpaired) electrons. The Morgan fingerprint density at radius 3 is 1.38 bits per heavy atom. The van der Waals surface area contributed by atoms with Crippen LogP contribution in [0.3, 0.4) is 0 Å². The third-order valence-electron chi connectivity index (χ3n) is 11.9. The Kier molecular flexibility index (Phi) is 52.6. The molecule has 2 aromatic rings. The highest BCUT2D eigenvalue weighted by Crippen LogP contribution is 2.29. The SMILES string of the molecule is [B]CC/C=C/OCCC/C=C/NCCOCCOCC(COCCOCCN/C=C/CCCO/C=C/CC[B])(COCCOCCN/C=C/CCCO/C=C/CC[B])COCCOCCn1cc(CCCOc2cc(C[B])ccc2OC(C)=O)nn1. The Labute approximate surface area is 520 Å². The summed E-state index contributed by atoms with van der Waals surface area (Å²) in [6.07, 6.45) is 36.4. The van der Waals surface area contributed by atoms with Crippen LogP contribution in [-0.2, 0) is 76.2 Å². The fourth-order valence-electron chi connectivity index (χ4n) is 7.37. The van der Waals surface area contributed by atoms with Gasteiger partial charge in [-0.2, -0.15) is 0 Å². The van der Waals surface area contributed by atoms with Crippen LogP contribution < -0.4 is 25.4 Å². The van der Waals surface area contributed by atoms with Crippen LogP contribution >= 0.6 is 0 Å². The average molecular weight is 1200 g/mol. The van der Waals surface area contributed by atoms with Gasteiger partial charge >= 0.3 is 5.97 Å². The Morgan fingerprint density at radius 1 is 0.512 bits per heavy atom. The lowest BCUT2D eigenvalue weighted by Crippen LogP contribution is -2.43. The molecule has 474 valence electrons. The van der Waals surface area contributed by atoms with E-state index in [2.05, 4.69) is 44.5 Å². The van der Waals surface area contributed by atoms with E-state index < -0.39 is 11.4 Å². The fraction of sp³-hybridized carbons (Fsp3) is 0.661. The molecule has 24 heteroatoms. The number of esters is 1. The summed E-state index contributed by atoms with van der Waals surface area (Å²) >= 11 is 0. The number of hydrogen-bond donors (Lipinski definition) is 3. The number of benzene rings is 1. The molecule has 86 heavy (non-hydrogen) atoms. The number of unbranched alkanes of at least 4 members (excludes halogenated alkanes) is 3. The molecule has 3 N–H and O–H groups in total. The predicted molar refractivity (Wildman–Crippen MR) is 340 cm³/mol. The van der Waals surface area contributed by atoms with Gasteiger partial charge in [0.05, 0.1) is 200 Å². The Bertz CT molecular complexity index is 1930. The maximum absolute atomic E-state index is 11.6. The van der Waals surface area contributed by atoms with Crippen LogP contribution in [0.4, 0.5) is 0 Å². The van der Waals surface area contributed by atoms with E-state index in [-0.39, 0.29) is 6.61 Å². The first-order valence-electron chi connectivity index (χ1n) is 30.7. The van der Waals surface area contributed by atoms with Crippen molar-refractivity contribution in [1.29, 1.82) is 0 Å². The van der Waals surface area contributed by atoms with Gasteiger partial charge in [-0.05, 0) is 101 Å². The number of carbonyl (C=O) groups is 1. The van der Waals surface area contributed by atoms with Gasteiger partial charge in [-0.15, -0.1) is 5.10 Å². The van der Waals surface area contributed by atoms with Gasteiger partial charge in [0.2, 0.25) is 0 Å². The summed E-state index contributed by atoms with van der Waals surface area (Å²) in [5, 5.41) is 18.4. The zero-order valence-electron chi connectivity index (χ0n) is 51.7. The monoisotopic (exact) mass is 1200 g/mol. The molecule has 1 aromatic heterocycles. The van der Waals surface area contributed by atoms with E-state index in [1.165, 1.54) is 6.92 Å². The van der Waals surface area contributed by atoms with Gasteiger partial charge in [0.15, 0.2) is 11.5 Å². The standard InChI is InChI=1S/C62H100B4N6O14/c1-57(73)86-60-20-19-58(51-66)50-61(60)85-37-17-18-59-52-72(71-70-59)30-41-80-45-49-84-56-62(53-81-46-42-77-38-27-67-24-8-2-11-31-74-34-14-5-21-63,54-82-47-43-78-39-28-68-25-9-3-12-32-75-35-15-6-22-64)55-83-48-44-79-40-29-69-26-10-4-13-33-76-36-16-7-23-65/h8-10,14-16,19-20,24-26,34-36,50,52,67-69H,2-7,11-13,17-18,21-23,27-33,37-49,51,53-56H2,1H3/b24-8+,25-9+,26-10+,34-14+,35-15+,36-16+. The molecule has 1 aromatic carbocycles. The molecule has 0 saturated carbocycles. The van der Waals surface area contributed by atoms with E-state index in [1.54, 1.807) is 41.7 Å². The van der Waals surface area contributed by atoms with Gasteiger partial charge in [0.1, 0.15) is 0 Å². The van der Waals surface area contributed by atoms with Crippen LogP contribution in [0, 0.1) is 5.41 Å². The zero-order chi connectivity index (χ0) is 61.6. The zero-order valence-corrected chi connectivity index (χ0v) is 51.7. The minimum Gasteiger partial charge on any atom is -0.502 e. The first-order valence-corrected chi connectivity index (χ1v) is 30.7. The van der Waals surface area contributed by atoms with E-state index in [9.17, 15) is 4.79 Å². The summed E-state index contributed by atoms with van der Waals surface area (Å²) in [6, 6.07) is 5.28. The summed E-state index contributed by atoms with van der Waals surface area (Å²) in [7, 11) is 22.3. The lowest BCUT2D eigenvalue weighted by molar-refractivity contribution is -0.132. The van der Waals surface area contributed by atoms with E-state index in [4.69, 9.17) is 93.0 Å². The third kappa shape index (κ3) is 47.0. The van der Waals surface area contributed by atoms with E-state index in [0.29, 0.717) is 201 Å². The van der Waals surface area contributed by atoms with Crippen LogP contribution in [0.5, 0.6) is 11.5 Å². The minimum atomic E-state index is -0.671. The fourth-order valence-corrected chi connectivity index (χ4v) is 7.37. The molecule has 0 saturated heterocycles. The lowest BCUT2D eigenvalue weighted by Gasteiger charge is -2.33. The Balaban J connectivity index is 1.92. The molecule has 0 spiro atoms. The van der Waals surface area contributed by atoms with Gasteiger partial charge in [-0.1, -0.05) is 78.6 Å². The second-order valence-corrected chi connectivity index (χ2v) is 19.6. The molecular weight excluding hydrogens is 1100 g/mol. The Morgan fingerprint density at radius 2 is 0.953 bits per heavy atom. The van der Waals surface area contributed by atoms with Gasteiger partial charge in [-0.25, -0.2) is 4.68 Å². The summed E-state index contributed by atoms with van der Waals surface area (Å²) in [4.78, 5) is 11.6. The number of aryl methyl sites for hydroxylation is 1. The molecule has 1 heterocycles. The van der Waals surface area contributed by atoms with E-state index >= 15 is 0 Å². The van der Waals surface area contributed by atoms with Crippen molar-refractivity contribution < 1.29 is 66.4 Å². The molecule has 0 aliphatic carbocycles. The lowest BCUT2D eigenvalue weighted by atomic mass is 9.92. The highest BCUT2D eigenvalue weighted by atomic mass is 16.6. The first-order chi connectivity index (χ1) is 42.4. The predicted octanol–water partition coefficient (Wildman–Crippen LogP) is 7.17. The van der Waals surface area contributed by atoms with Crippen molar-refractivity contribution in [3.63, 3.8) is 0 Å². The van der Waals surface area contributed by atoms with Crippen molar-refractivity contribution >= 4 is 37.4 Å². The summed E-state index contributed by atoms with van der Waals surface area (Å²) in [5.74, 6) is 0.405. The molecule has 0 amide bonds. The van der Waals surface area contributed by atoms with E-state index in [0.717, 1.165) is 69.0 Å². The van der Waals surface area contributed by atoms with Crippen LogP contribution in [0.2, 0.25) is 19.0 Å².